The SMILES string of the molecule is O=C(O)C(CNNc1ccc(C(F)(F)F)cc1)C(F)(F)F. The highest BCUT2D eigenvalue weighted by molar-refractivity contribution is 5.71. The number of aliphatic carboxylic acids is 1. The summed E-state index contributed by atoms with van der Waals surface area (Å²) < 4.78 is 73.7. The van der Waals surface area contributed by atoms with Gasteiger partial charge in [0.25, 0.3) is 0 Å². The molecule has 0 aliphatic heterocycles. The molecule has 10 heteroatoms. The minimum atomic E-state index is -4.93. The fraction of sp³-hybridized carbons (Fsp3) is 0.364. The summed E-state index contributed by atoms with van der Waals surface area (Å²) in [7, 11) is 0. The van der Waals surface area contributed by atoms with E-state index >= 15 is 0 Å². The predicted octanol–water partition coefficient (Wildman–Crippen LogP) is 2.89. The summed E-state index contributed by atoms with van der Waals surface area (Å²) in [6, 6.07) is 3.48. The summed E-state index contributed by atoms with van der Waals surface area (Å²) in [5.74, 6) is -4.68. The van der Waals surface area contributed by atoms with E-state index in [4.69, 9.17) is 5.11 Å². The first kappa shape index (κ1) is 17.1. The van der Waals surface area contributed by atoms with Crippen molar-refractivity contribution in [3.8, 4) is 0 Å². The lowest BCUT2D eigenvalue weighted by molar-refractivity contribution is -0.192. The van der Waals surface area contributed by atoms with E-state index in [1.165, 1.54) is 0 Å². The topological polar surface area (TPSA) is 61.4 Å². The van der Waals surface area contributed by atoms with Gasteiger partial charge in [0.2, 0.25) is 0 Å². The van der Waals surface area contributed by atoms with E-state index < -0.39 is 36.3 Å². The van der Waals surface area contributed by atoms with Gasteiger partial charge in [0.05, 0.1) is 5.56 Å². The Bertz CT molecular complexity index is 483. The Kier molecular flexibility index (Phi) is 5.05. The summed E-state index contributed by atoms with van der Waals surface area (Å²) in [4.78, 5) is 10.4. The lowest BCUT2D eigenvalue weighted by Gasteiger charge is -2.17. The number of rotatable bonds is 5. The van der Waals surface area contributed by atoms with Crippen LogP contribution in [0.1, 0.15) is 5.56 Å². The van der Waals surface area contributed by atoms with Crippen molar-refractivity contribution < 1.29 is 36.2 Å². The van der Waals surface area contributed by atoms with E-state index in [1.807, 2.05) is 5.43 Å². The summed E-state index contributed by atoms with van der Waals surface area (Å²) in [5.41, 5.74) is 3.37. The van der Waals surface area contributed by atoms with Gasteiger partial charge in [0.1, 0.15) is 0 Å². The van der Waals surface area contributed by atoms with Crippen LogP contribution < -0.4 is 10.9 Å². The maximum atomic E-state index is 12.3. The van der Waals surface area contributed by atoms with Crippen molar-refractivity contribution >= 4 is 11.7 Å². The zero-order chi connectivity index (χ0) is 16.3. The zero-order valence-electron chi connectivity index (χ0n) is 10.2. The standard InChI is InChI=1S/C11H10F6N2O2/c12-10(13,14)6-1-3-7(4-2-6)19-18-5-8(9(20)21)11(15,16)17/h1-4,8,18-19H,5H2,(H,20,21). The van der Waals surface area contributed by atoms with Crippen LogP contribution in [0.2, 0.25) is 0 Å². The maximum absolute atomic E-state index is 12.3. The number of benzene rings is 1. The smallest absolute Gasteiger partial charge is 0.416 e. The molecule has 0 spiro atoms. The number of halogens is 6. The maximum Gasteiger partial charge on any atom is 0.416 e. The van der Waals surface area contributed by atoms with Gasteiger partial charge in [-0.25, -0.2) is 5.43 Å². The lowest BCUT2D eigenvalue weighted by atomic mass is 10.1. The average Bonchev–Trinajstić information content (AvgIpc) is 2.32. The number of carboxylic acids is 1. The van der Waals surface area contributed by atoms with Gasteiger partial charge in [-0.1, -0.05) is 0 Å². The predicted molar refractivity (Wildman–Crippen MR) is 60.3 cm³/mol. The molecule has 1 aromatic carbocycles. The van der Waals surface area contributed by atoms with Crippen LogP contribution >= 0.6 is 0 Å². The van der Waals surface area contributed by atoms with E-state index in [0.29, 0.717) is 0 Å². The van der Waals surface area contributed by atoms with Crippen LogP contribution in [0, 0.1) is 5.92 Å². The molecule has 0 radical (unpaired) electrons. The second-order valence-electron chi connectivity index (χ2n) is 4.01. The Labute approximate surface area is 114 Å². The molecule has 0 aromatic heterocycles. The zero-order valence-corrected chi connectivity index (χ0v) is 10.2. The molecule has 1 aromatic rings. The number of hydrazine groups is 1. The minimum Gasteiger partial charge on any atom is -0.481 e. The third-order valence-electron chi connectivity index (χ3n) is 2.44. The Balaban J connectivity index is 2.58. The van der Waals surface area contributed by atoms with Crippen LogP contribution in [-0.4, -0.2) is 23.8 Å². The second kappa shape index (κ2) is 6.20. The highest BCUT2D eigenvalue weighted by Gasteiger charge is 2.44. The molecule has 0 saturated heterocycles. The number of carbonyl (C=O) groups is 1. The number of anilines is 1. The van der Waals surface area contributed by atoms with Crippen LogP contribution in [0.3, 0.4) is 0 Å². The normalized spacial score (nSPS) is 13.8. The number of hydrogen-bond acceptors (Lipinski definition) is 3. The van der Waals surface area contributed by atoms with Crippen LogP contribution in [-0.2, 0) is 11.0 Å². The van der Waals surface area contributed by atoms with Gasteiger partial charge in [-0.3, -0.25) is 4.79 Å². The fourth-order valence-electron chi connectivity index (χ4n) is 1.34. The van der Waals surface area contributed by atoms with E-state index in [1.54, 1.807) is 0 Å². The van der Waals surface area contributed by atoms with E-state index in [2.05, 4.69) is 5.43 Å². The van der Waals surface area contributed by atoms with Gasteiger partial charge in [-0.2, -0.15) is 26.3 Å². The molecule has 118 valence electrons. The van der Waals surface area contributed by atoms with Gasteiger partial charge in [0.15, 0.2) is 5.92 Å². The molecular formula is C11H10F6N2O2. The van der Waals surface area contributed by atoms with Crippen LogP contribution in [0.5, 0.6) is 0 Å². The van der Waals surface area contributed by atoms with Gasteiger partial charge < -0.3 is 10.5 Å². The monoisotopic (exact) mass is 316 g/mol. The van der Waals surface area contributed by atoms with Crippen molar-refractivity contribution in [2.75, 3.05) is 12.0 Å². The van der Waals surface area contributed by atoms with Crippen molar-refractivity contribution in [3.63, 3.8) is 0 Å². The Morgan fingerprint density at radius 2 is 1.62 bits per heavy atom. The fourth-order valence-corrected chi connectivity index (χ4v) is 1.34. The molecule has 21 heavy (non-hydrogen) atoms. The molecule has 0 saturated carbocycles. The number of carboxylic acid groups (broad SMARTS) is 1. The number of hydrogen-bond donors (Lipinski definition) is 3. The minimum absolute atomic E-state index is 0.0642. The van der Waals surface area contributed by atoms with E-state index in [0.717, 1.165) is 24.3 Å². The molecule has 4 nitrogen and oxygen atoms in total. The molecule has 0 bridgehead atoms. The number of alkyl halides is 6. The first-order valence-corrected chi connectivity index (χ1v) is 5.47. The van der Waals surface area contributed by atoms with Crippen LogP contribution in [0.4, 0.5) is 32.0 Å². The summed E-state index contributed by atoms with van der Waals surface area (Å²) >= 11 is 0. The first-order chi connectivity index (χ1) is 9.51. The Hall–Kier alpha value is -1.97. The average molecular weight is 316 g/mol. The van der Waals surface area contributed by atoms with E-state index in [-0.39, 0.29) is 5.69 Å². The molecule has 3 N–H and O–H groups in total. The molecular weight excluding hydrogens is 306 g/mol. The van der Waals surface area contributed by atoms with Gasteiger partial charge in [-0.05, 0) is 24.3 Å². The lowest BCUT2D eigenvalue weighted by Crippen LogP contribution is -2.40. The van der Waals surface area contributed by atoms with Crippen molar-refractivity contribution in [1.82, 2.24) is 5.43 Å². The van der Waals surface area contributed by atoms with Gasteiger partial charge in [0, 0.05) is 12.2 Å². The Morgan fingerprint density at radius 1 is 1.10 bits per heavy atom. The summed E-state index contributed by atoms with van der Waals surface area (Å²) in [6.07, 6.45) is -9.45. The largest absolute Gasteiger partial charge is 0.481 e. The van der Waals surface area contributed by atoms with Gasteiger partial charge >= 0.3 is 18.3 Å². The van der Waals surface area contributed by atoms with Crippen molar-refractivity contribution in [2.45, 2.75) is 12.4 Å². The molecule has 0 aliphatic carbocycles. The third kappa shape index (κ3) is 5.14. The second-order valence-corrected chi connectivity index (χ2v) is 4.01. The molecule has 0 amide bonds. The highest BCUT2D eigenvalue weighted by atomic mass is 19.4. The molecule has 1 rings (SSSR count). The van der Waals surface area contributed by atoms with Crippen LogP contribution in [0.25, 0.3) is 0 Å². The van der Waals surface area contributed by atoms with E-state index in [9.17, 15) is 31.1 Å². The molecule has 1 atom stereocenters. The third-order valence-corrected chi connectivity index (χ3v) is 2.44. The van der Waals surface area contributed by atoms with Gasteiger partial charge in [-0.15, -0.1) is 0 Å². The molecule has 0 aliphatic rings. The van der Waals surface area contributed by atoms with Crippen molar-refractivity contribution in [2.24, 2.45) is 5.92 Å². The molecule has 0 fully saturated rings. The quantitative estimate of drug-likeness (QED) is 0.577. The molecule has 1 unspecified atom stereocenters. The van der Waals surface area contributed by atoms with Crippen molar-refractivity contribution in [3.05, 3.63) is 29.8 Å². The highest BCUT2D eigenvalue weighted by Crippen LogP contribution is 2.30. The van der Waals surface area contributed by atoms with Crippen LogP contribution in [0.15, 0.2) is 24.3 Å². The summed E-state index contributed by atoms with van der Waals surface area (Å²) in [6.45, 7) is -0.972. The first-order valence-electron chi connectivity index (χ1n) is 5.47. The summed E-state index contributed by atoms with van der Waals surface area (Å²) in [5, 5.41) is 8.42. The Morgan fingerprint density at radius 3 is 2.00 bits per heavy atom. The number of nitrogens with one attached hydrogen (secondary N) is 2. The molecule has 0 heterocycles. The van der Waals surface area contributed by atoms with Crippen molar-refractivity contribution in [1.29, 1.82) is 0 Å².